The van der Waals surface area contributed by atoms with Crippen LogP contribution in [0.4, 0.5) is 5.69 Å². The topological polar surface area (TPSA) is 66.4 Å². The first-order chi connectivity index (χ1) is 10.0. The second kappa shape index (κ2) is 6.72. The molecule has 0 aromatic heterocycles. The molecule has 0 bridgehead atoms. The molecule has 0 heterocycles. The van der Waals surface area contributed by atoms with E-state index < -0.39 is 5.97 Å². The summed E-state index contributed by atoms with van der Waals surface area (Å²) in [6, 6.07) is 13.5. The Morgan fingerprint density at radius 1 is 1.10 bits per heavy atom. The molecule has 2 rings (SSSR count). The molecule has 2 aromatic carbocycles. The van der Waals surface area contributed by atoms with Crippen LogP contribution in [0.15, 0.2) is 54.6 Å². The quantitative estimate of drug-likeness (QED) is 0.846. The van der Waals surface area contributed by atoms with Crippen molar-refractivity contribution in [3.8, 4) is 0 Å². The molecule has 0 fully saturated rings. The van der Waals surface area contributed by atoms with Crippen LogP contribution < -0.4 is 5.32 Å². The van der Waals surface area contributed by atoms with Gasteiger partial charge >= 0.3 is 5.97 Å². The molecule has 21 heavy (non-hydrogen) atoms. The van der Waals surface area contributed by atoms with Gasteiger partial charge in [-0.2, -0.15) is 0 Å². The second-order valence-corrected chi connectivity index (χ2v) is 4.70. The molecule has 1 amide bonds. The molecular formula is C16H12ClNO3. The first-order valence-electron chi connectivity index (χ1n) is 6.12. The fourth-order valence-corrected chi connectivity index (χ4v) is 1.94. The van der Waals surface area contributed by atoms with Gasteiger partial charge in [-0.3, -0.25) is 4.79 Å². The molecule has 0 radical (unpaired) electrons. The van der Waals surface area contributed by atoms with Gasteiger partial charge in [-0.1, -0.05) is 41.9 Å². The Bertz CT molecular complexity index is 696. The van der Waals surface area contributed by atoms with E-state index in [2.05, 4.69) is 5.32 Å². The van der Waals surface area contributed by atoms with Gasteiger partial charge in [-0.25, -0.2) is 4.79 Å². The molecule has 4 nitrogen and oxygen atoms in total. The van der Waals surface area contributed by atoms with Crippen molar-refractivity contribution in [2.24, 2.45) is 0 Å². The van der Waals surface area contributed by atoms with E-state index in [1.54, 1.807) is 6.08 Å². The largest absolute Gasteiger partial charge is 0.478 e. The second-order valence-electron chi connectivity index (χ2n) is 4.27. The summed E-state index contributed by atoms with van der Waals surface area (Å²) in [5, 5.41) is 11.8. The van der Waals surface area contributed by atoms with Crippen molar-refractivity contribution in [1.82, 2.24) is 0 Å². The number of amides is 1. The number of carboxylic acids is 1. The molecule has 2 aromatic rings. The van der Waals surface area contributed by atoms with Crippen LogP contribution in [-0.4, -0.2) is 17.0 Å². The van der Waals surface area contributed by atoms with E-state index in [1.807, 2.05) is 30.3 Å². The van der Waals surface area contributed by atoms with E-state index in [-0.39, 0.29) is 16.5 Å². The Morgan fingerprint density at radius 3 is 2.48 bits per heavy atom. The fraction of sp³-hybridized carbons (Fsp3) is 0. The number of hydrogen-bond acceptors (Lipinski definition) is 2. The molecule has 0 unspecified atom stereocenters. The average Bonchev–Trinajstić information content (AvgIpc) is 2.45. The Hall–Kier alpha value is -2.59. The van der Waals surface area contributed by atoms with Gasteiger partial charge in [0.05, 0.1) is 5.56 Å². The summed E-state index contributed by atoms with van der Waals surface area (Å²) in [6.45, 7) is 0. The summed E-state index contributed by atoms with van der Waals surface area (Å²) >= 11 is 5.82. The molecule has 2 N–H and O–H groups in total. The monoisotopic (exact) mass is 301 g/mol. The zero-order chi connectivity index (χ0) is 15.2. The summed E-state index contributed by atoms with van der Waals surface area (Å²) < 4.78 is 0. The van der Waals surface area contributed by atoms with Crippen molar-refractivity contribution in [3.63, 3.8) is 0 Å². The van der Waals surface area contributed by atoms with Crippen molar-refractivity contribution < 1.29 is 14.7 Å². The van der Waals surface area contributed by atoms with Crippen molar-refractivity contribution in [3.05, 3.63) is 70.8 Å². The van der Waals surface area contributed by atoms with Crippen LogP contribution in [0.2, 0.25) is 5.02 Å². The maximum atomic E-state index is 11.8. The summed E-state index contributed by atoms with van der Waals surface area (Å²) in [5.41, 5.74) is 1.25. The molecule has 106 valence electrons. The van der Waals surface area contributed by atoms with Gasteiger partial charge in [-0.15, -0.1) is 0 Å². The number of anilines is 1. The van der Waals surface area contributed by atoms with E-state index in [0.717, 1.165) is 5.56 Å². The molecular weight excluding hydrogens is 290 g/mol. The standard InChI is InChI=1S/C16H12ClNO3/c17-13-8-12(16(20)21)9-14(10-13)18-15(19)7-6-11-4-2-1-3-5-11/h1-10H,(H,18,19)(H,20,21)/b7-6+. The minimum Gasteiger partial charge on any atom is -0.478 e. The number of aromatic carboxylic acids is 1. The van der Waals surface area contributed by atoms with Gasteiger partial charge < -0.3 is 10.4 Å². The maximum absolute atomic E-state index is 11.8. The van der Waals surface area contributed by atoms with Gasteiger partial charge in [-0.05, 0) is 29.8 Å². The smallest absolute Gasteiger partial charge is 0.335 e. The van der Waals surface area contributed by atoms with Crippen molar-refractivity contribution >= 4 is 35.2 Å². The van der Waals surface area contributed by atoms with Gasteiger partial charge in [0.25, 0.3) is 0 Å². The Balaban J connectivity index is 2.09. The number of benzene rings is 2. The van der Waals surface area contributed by atoms with Crippen molar-refractivity contribution in [2.45, 2.75) is 0 Å². The average molecular weight is 302 g/mol. The van der Waals surface area contributed by atoms with E-state index >= 15 is 0 Å². The first kappa shape index (κ1) is 14.8. The lowest BCUT2D eigenvalue weighted by Gasteiger charge is -2.04. The number of nitrogens with one attached hydrogen (secondary N) is 1. The highest BCUT2D eigenvalue weighted by Gasteiger charge is 2.07. The van der Waals surface area contributed by atoms with E-state index in [9.17, 15) is 9.59 Å². The lowest BCUT2D eigenvalue weighted by Crippen LogP contribution is -2.08. The van der Waals surface area contributed by atoms with Crippen LogP contribution in [0, 0.1) is 0 Å². The van der Waals surface area contributed by atoms with Gasteiger partial charge in [0.1, 0.15) is 0 Å². The molecule has 0 aliphatic carbocycles. The predicted octanol–water partition coefficient (Wildman–Crippen LogP) is 3.69. The third-order valence-electron chi connectivity index (χ3n) is 2.64. The molecule has 0 atom stereocenters. The normalized spacial score (nSPS) is 10.5. The van der Waals surface area contributed by atoms with Crippen LogP contribution in [-0.2, 0) is 4.79 Å². The number of carbonyl (C=O) groups excluding carboxylic acids is 1. The van der Waals surface area contributed by atoms with Crippen LogP contribution in [0.5, 0.6) is 0 Å². The number of rotatable bonds is 4. The summed E-state index contributed by atoms with van der Waals surface area (Å²) in [6.07, 6.45) is 3.04. The van der Waals surface area contributed by atoms with Crippen LogP contribution >= 0.6 is 11.6 Å². The van der Waals surface area contributed by atoms with Gasteiger partial charge in [0.15, 0.2) is 0 Å². The molecule has 0 aliphatic heterocycles. The van der Waals surface area contributed by atoms with Crippen molar-refractivity contribution in [1.29, 1.82) is 0 Å². The summed E-state index contributed by atoms with van der Waals surface area (Å²) in [4.78, 5) is 22.7. The molecule has 0 aliphatic rings. The van der Waals surface area contributed by atoms with Crippen molar-refractivity contribution in [2.75, 3.05) is 5.32 Å². The lowest BCUT2D eigenvalue weighted by molar-refractivity contribution is -0.111. The zero-order valence-corrected chi connectivity index (χ0v) is 11.7. The SMILES string of the molecule is O=C(/C=C/c1ccccc1)Nc1cc(Cl)cc(C(=O)O)c1. The number of hydrogen-bond donors (Lipinski definition) is 2. The minimum absolute atomic E-state index is 0.0184. The zero-order valence-electron chi connectivity index (χ0n) is 10.9. The van der Waals surface area contributed by atoms with Gasteiger partial charge in [0, 0.05) is 16.8 Å². The first-order valence-corrected chi connectivity index (χ1v) is 6.50. The Kier molecular flexibility index (Phi) is 4.74. The number of carboxylic acid groups (broad SMARTS) is 1. The van der Waals surface area contributed by atoms with E-state index in [1.165, 1.54) is 24.3 Å². The third kappa shape index (κ3) is 4.47. The highest BCUT2D eigenvalue weighted by atomic mass is 35.5. The summed E-state index contributed by atoms with van der Waals surface area (Å²) in [7, 11) is 0. The fourth-order valence-electron chi connectivity index (χ4n) is 1.71. The number of carbonyl (C=O) groups is 2. The predicted molar refractivity (Wildman–Crippen MR) is 82.5 cm³/mol. The highest BCUT2D eigenvalue weighted by Crippen LogP contribution is 2.19. The van der Waals surface area contributed by atoms with Gasteiger partial charge in [0.2, 0.25) is 5.91 Å². The Labute approximate surface area is 126 Å². The number of halogens is 1. The van der Waals surface area contributed by atoms with Crippen LogP contribution in [0.1, 0.15) is 15.9 Å². The minimum atomic E-state index is -1.10. The van der Waals surface area contributed by atoms with E-state index in [0.29, 0.717) is 5.69 Å². The Morgan fingerprint density at radius 2 is 1.81 bits per heavy atom. The summed E-state index contributed by atoms with van der Waals surface area (Å²) in [5.74, 6) is -1.47. The molecule has 0 spiro atoms. The van der Waals surface area contributed by atoms with E-state index in [4.69, 9.17) is 16.7 Å². The highest BCUT2D eigenvalue weighted by molar-refractivity contribution is 6.31. The molecule has 5 heteroatoms. The lowest BCUT2D eigenvalue weighted by atomic mass is 10.2. The molecule has 0 saturated heterocycles. The van der Waals surface area contributed by atoms with Crippen LogP contribution in [0.3, 0.4) is 0 Å². The third-order valence-corrected chi connectivity index (χ3v) is 2.86. The maximum Gasteiger partial charge on any atom is 0.335 e. The van der Waals surface area contributed by atoms with Crippen LogP contribution in [0.25, 0.3) is 6.08 Å². The molecule has 0 saturated carbocycles.